The van der Waals surface area contributed by atoms with Crippen LogP contribution in [0, 0.1) is 11.6 Å². The van der Waals surface area contributed by atoms with Crippen LogP contribution in [-0.2, 0) is 6.54 Å². The minimum atomic E-state index is -0.822. The summed E-state index contributed by atoms with van der Waals surface area (Å²) in [6.07, 6.45) is 3.26. The maximum Gasteiger partial charge on any atom is 0.163 e. The van der Waals surface area contributed by atoms with Crippen molar-refractivity contribution in [3.63, 3.8) is 0 Å². The molecular weight excluding hydrogens is 224 g/mol. The third kappa shape index (κ3) is 2.68. The molecule has 1 atom stereocenters. The molecule has 17 heavy (non-hydrogen) atoms. The van der Waals surface area contributed by atoms with Crippen molar-refractivity contribution < 1.29 is 8.78 Å². The Morgan fingerprint density at radius 2 is 2.24 bits per heavy atom. The average Bonchev–Trinajstić information content (AvgIpc) is 2.82. The van der Waals surface area contributed by atoms with Crippen LogP contribution in [0.2, 0.25) is 0 Å². The Kier molecular flexibility index (Phi) is 3.49. The Balaban J connectivity index is 2.04. The van der Waals surface area contributed by atoms with E-state index in [1.165, 1.54) is 6.07 Å². The number of rotatable bonds is 4. The molecule has 0 amide bonds. The molecule has 0 fully saturated rings. The molecule has 5 heteroatoms. The Labute approximate surface area is 97.9 Å². The van der Waals surface area contributed by atoms with Gasteiger partial charge in [-0.25, -0.2) is 13.8 Å². The van der Waals surface area contributed by atoms with Gasteiger partial charge in [-0.05, 0) is 13.0 Å². The van der Waals surface area contributed by atoms with Crippen LogP contribution in [-0.4, -0.2) is 9.97 Å². The quantitative estimate of drug-likeness (QED) is 0.857. The van der Waals surface area contributed by atoms with E-state index >= 15 is 0 Å². The first-order valence-electron chi connectivity index (χ1n) is 5.33. The number of aromatic amines is 1. The third-order valence-corrected chi connectivity index (χ3v) is 2.60. The summed E-state index contributed by atoms with van der Waals surface area (Å²) >= 11 is 0. The summed E-state index contributed by atoms with van der Waals surface area (Å²) in [6.45, 7) is 2.31. The van der Waals surface area contributed by atoms with Crippen molar-refractivity contribution in [1.82, 2.24) is 15.3 Å². The fraction of sp³-hybridized carbons (Fsp3) is 0.250. The van der Waals surface area contributed by atoms with E-state index in [0.717, 1.165) is 11.8 Å². The lowest BCUT2D eigenvalue weighted by Crippen LogP contribution is -2.19. The van der Waals surface area contributed by atoms with Gasteiger partial charge in [-0.3, -0.25) is 0 Å². The van der Waals surface area contributed by atoms with Crippen molar-refractivity contribution in [2.24, 2.45) is 0 Å². The summed E-state index contributed by atoms with van der Waals surface area (Å²) in [5.41, 5.74) is 1.22. The third-order valence-electron chi connectivity index (χ3n) is 2.60. The Hall–Kier alpha value is -1.75. The molecule has 1 aromatic carbocycles. The molecule has 3 nitrogen and oxygen atoms in total. The van der Waals surface area contributed by atoms with Crippen LogP contribution in [0.15, 0.2) is 30.7 Å². The van der Waals surface area contributed by atoms with Crippen LogP contribution in [0.1, 0.15) is 24.2 Å². The van der Waals surface area contributed by atoms with E-state index in [9.17, 15) is 8.78 Å². The van der Waals surface area contributed by atoms with Crippen molar-refractivity contribution in [3.8, 4) is 0 Å². The molecule has 2 aromatic rings. The fourth-order valence-corrected chi connectivity index (χ4v) is 1.61. The largest absolute Gasteiger partial charge is 0.347 e. The smallest absolute Gasteiger partial charge is 0.163 e. The molecule has 0 spiro atoms. The van der Waals surface area contributed by atoms with E-state index in [1.54, 1.807) is 25.5 Å². The molecule has 1 heterocycles. The first-order chi connectivity index (χ1) is 8.18. The van der Waals surface area contributed by atoms with E-state index in [4.69, 9.17) is 0 Å². The maximum absolute atomic E-state index is 13.5. The van der Waals surface area contributed by atoms with Gasteiger partial charge in [0, 0.05) is 30.0 Å². The summed E-state index contributed by atoms with van der Waals surface area (Å²) in [5, 5.41) is 3.09. The van der Waals surface area contributed by atoms with Crippen molar-refractivity contribution in [2.45, 2.75) is 19.5 Å². The lowest BCUT2D eigenvalue weighted by Gasteiger charge is -2.14. The van der Waals surface area contributed by atoms with Crippen molar-refractivity contribution in [3.05, 3.63) is 53.6 Å². The summed E-state index contributed by atoms with van der Waals surface area (Å²) in [4.78, 5) is 6.80. The van der Waals surface area contributed by atoms with Crippen molar-refractivity contribution >= 4 is 0 Å². The van der Waals surface area contributed by atoms with Crippen molar-refractivity contribution in [2.75, 3.05) is 0 Å². The monoisotopic (exact) mass is 237 g/mol. The normalized spacial score (nSPS) is 12.6. The SMILES string of the molecule is CC(NCc1cnc[nH]1)c1cccc(F)c1F. The fourth-order valence-electron chi connectivity index (χ4n) is 1.61. The van der Waals surface area contributed by atoms with Gasteiger partial charge in [-0.2, -0.15) is 0 Å². The Bertz CT molecular complexity index is 483. The van der Waals surface area contributed by atoms with E-state index < -0.39 is 11.6 Å². The molecule has 90 valence electrons. The average molecular weight is 237 g/mol. The Morgan fingerprint density at radius 1 is 1.41 bits per heavy atom. The van der Waals surface area contributed by atoms with Gasteiger partial charge in [-0.15, -0.1) is 0 Å². The van der Waals surface area contributed by atoms with E-state index in [0.29, 0.717) is 12.1 Å². The molecule has 0 aliphatic carbocycles. The van der Waals surface area contributed by atoms with Gasteiger partial charge in [0.05, 0.1) is 6.33 Å². The molecule has 1 aromatic heterocycles. The van der Waals surface area contributed by atoms with Crippen LogP contribution in [0.4, 0.5) is 8.78 Å². The summed E-state index contributed by atoms with van der Waals surface area (Å²) in [5.74, 6) is -1.62. The Morgan fingerprint density at radius 3 is 2.94 bits per heavy atom. The number of hydrogen-bond acceptors (Lipinski definition) is 2. The van der Waals surface area contributed by atoms with E-state index in [2.05, 4.69) is 15.3 Å². The number of benzene rings is 1. The number of aromatic nitrogens is 2. The molecule has 0 aliphatic rings. The van der Waals surface area contributed by atoms with Gasteiger partial charge >= 0.3 is 0 Å². The summed E-state index contributed by atoms with van der Waals surface area (Å²) in [6, 6.07) is 3.92. The van der Waals surface area contributed by atoms with Crippen LogP contribution < -0.4 is 5.32 Å². The highest BCUT2D eigenvalue weighted by Crippen LogP contribution is 2.19. The minimum absolute atomic E-state index is 0.269. The molecule has 2 rings (SSSR count). The zero-order valence-corrected chi connectivity index (χ0v) is 9.37. The first-order valence-corrected chi connectivity index (χ1v) is 5.33. The number of nitrogens with one attached hydrogen (secondary N) is 2. The van der Waals surface area contributed by atoms with E-state index in [-0.39, 0.29) is 6.04 Å². The predicted molar refractivity (Wildman–Crippen MR) is 60.2 cm³/mol. The van der Waals surface area contributed by atoms with Gasteiger partial charge in [0.2, 0.25) is 0 Å². The second-order valence-electron chi connectivity index (χ2n) is 3.82. The lowest BCUT2D eigenvalue weighted by atomic mass is 10.1. The topological polar surface area (TPSA) is 40.7 Å². The second-order valence-corrected chi connectivity index (χ2v) is 3.82. The van der Waals surface area contributed by atoms with Crippen LogP contribution in [0.3, 0.4) is 0 Å². The van der Waals surface area contributed by atoms with Gasteiger partial charge in [-0.1, -0.05) is 12.1 Å². The van der Waals surface area contributed by atoms with Crippen LogP contribution >= 0.6 is 0 Å². The van der Waals surface area contributed by atoms with E-state index in [1.807, 2.05) is 0 Å². The number of nitrogens with zero attached hydrogens (tertiary/aromatic N) is 1. The highest BCUT2D eigenvalue weighted by molar-refractivity contribution is 5.22. The van der Waals surface area contributed by atoms with Gasteiger partial charge in [0.25, 0.3) is 0 Å². The highest BCUT2D eigenvalue weighted by Gasteiger charge is 2.13. The number of imidazole rings is 1. The number of hydrogen-bond donors (Lipinski definition) is 2. The van der Waals surface area contributed by atoms with Crippen LogP contribution in [0.5, 0.6) is 0 Å². The van der Waals surface area contributed by atoms with Gasteiger partial charge < -0.3 is 10.3 Å². The summed E-state index contributed by atoms with van der Waals surface area (Å²) < 4.78 is 26.5. The molecule has 1 unspecified atom stereocenters. The number of H-pyrrole nitrogens is 1. The van der Waals surface area contributed by atoms with Crippen molar-refractivity contribution in [1.29, 1.82) is 0 Å². The minimum Gasteiger partial charge on any atom is -0.347 e. The molecule has 0 bridgehead atoms. The zero-order chi connectivity index (χ0) is 12.3. The molecular formula is C12H13F2N3. The molecule has 0 radical (unpaired) electrons. The standard InChI is InChI=1S/C12H13F2N3/c1-8(16-6-9-5-15-7-17-9)10-3-2-4-11(13)12(10)14/h2-5,7-8,16H,6H2,1H3,(H,15,17). The number of halogens is 2. The van der Waals surface area contributed by atoms with Gasteiger partial charge in [0.15, 0.2) is 11.6 Å². The highest BCUT2D eigenvalue weighted by atomic mass is 19.2. The molecule has 2 N–H and O–H groups in total. The van der Waals surface area contributed by atoms with Crippen LogP contribution in [0.25, 0.3) is 0 Å². The summed E-state index contributed by atoms with van der Waals surface area (Å²) in [7, 11) is 0. The molecule has 0 saturated heterocycles. The first kappa shape index (κ1) is 11.7. The zero-order valence-electron chi connectivity index (χ0n) is 9.37. The maximum atomic E-state index is 13.5. The lowest BCUT2D eigenvalue weighted by molar-refractivity contribution is 0.471. The predicted octanol–water partition coefficient (Wildman–Crippen LogP) is 2.54. The van der Waals surface area contributed by atoms with Gasteiger partial charge in [0.1, 0.15) is 0 Å². The molecule has 0 saturated carbocycles. The second kappa shape index (κ2) is 5.05. The molecule has 0 aliphatic heterocycles.